The Morgan fingerprint density at radius 1 is 1.11 bits per heavy atom. The number of benzene rings is 2. The number of aromatic carboxylic acids is 1. The molecule has 0 radical (unpaired) electrons. The summed E-state index contributed by atoms with van der Waals surface area (Å²) in [7, 11) is 0. The predicted molar refractivity (Wildman–Crippen MR) is 162 cm³/mol. The number of rotatable bonds is 13. The van der Waals surface area contributed by atoms with Gasteiger partial charge in [0.1, 0.15) is 11.3 Å². The molecule has 2 aromatic carbocycles. The van der Waals surface area contributed by atoms with E-state index in [9.17, 15) is 23.5 Å². The Morgan fingerprint density at radius 3 is 2.48 bits per heavy atom. The lowest BCUT2D eigenvalue weighted by Crippen LogP contribution is -2.36. The van der Waals surface area contributed by atoms with Gasteiger partial charge in [-0.05, 0) is 43.7 Å². The smallest absolute Gasteiger partial charge is 0.374 e. The number of nitrogens with one attached hydrogen (secondary N) is 2. The molecule has 4 aromatic rings. The van der Waals surface area contributed by atoms with Crippen molar-refractivity contribution in [3.8, 4) is 11.4 Å². The maximum absolute atomic E-state index is 13.9. The maximum Gasteiger partial charge on any atom is 0.374 e. The van der Waals surface area contributed by atoms with Crippen molar-refractivity contribution in [3.63, 3.8) is 0 Å². The first-order valence-corrected chi connectivity index (χ1v) is 14.7. The van der Waals surface area contributed by atoms with E-state index < -0.39 is 17.7 Å². The molecule has 44 heavy (non-hydrogen) atoms. The molecule has 2 aromatic heterocycles. The van der Waals surface area contributed by atoms with Crippen molar-refractivity contribution in [1.82, 2.24) is 24.8 Å². The number of nitrogens with zero attached hydrogens (tertiary/aromatic N) is 4. The number of carboxylic acid groups (broad SMARTS) is 1. The van der Waals surface area contributed by atoms with Gasteiger partial charge in [0.15, 0.2) is 11.5 Å². The number of carbonyl (C=O) groups excluding carboxylic acids is 1. The number of hydrogen-bond donors (Lipinski definition) is 4. The zero-order valence-corrected chi connectivity index (χ0v) is 24.7. The molecule has 1 amide bonds. The molecule has 1 saturated carbocycles. The molecule has 0 aliphatic heterocycles. The highest BCUT2D eigenvalue weighted by molar-refractivity contribution is 5.92. The van der Waals surface area contributed by atoms with Gasteiger partial charge in [-0.15, -0.1) is 0 Å². The molecule has 1 aliphatic rings. The van der Waals surface area contributed by atoms with Crippen LogP contribution in [0.5, 0.6) is 0 Å². The van der Waals surface area contributed by atoms with Gasteiger partial charge in [-0.3, -0.25) is 4.79 Å². The fourth-order valence-electron chi connectivity index (χ4n) is 5.49. The van der Waals surface area contributed by atoms with E-state index in [0.717, 1.165) is 42.9 Å². The lowest BCUT2D eigenvalue weighted by Gasteiger charge is -2.34. The Morgan fingerprint density at radius 2 is 1.86 bits per heavy atom. The molecular weight excluding hydrogens is 570 g/mol. The Kier molecular flexibility index (Phi) is 9.19. The Balaban J connectivity index is 1.61. The second kappa shape index (κ2) is 13.0. The van der Waals surface area contributed by atoms with Crippen molar-refractivity contribution >= 4 is 28.9 Å². The van der Waals surface area contributed by atoms with Crippen LogP contribution in [0.2, 0.25) is 0 Å². The number of alkyl halides is 2. The maximum atomic E-state index is 13.9. The van der Waals surface area contributed by atoms with Crippen LogP contribution in [0.15, 0.2) is 48.5 Å². The summed E-state index contributed by atoms with van der Waals surface area (Å²) in [6, 6.07) is 13.6. The van der Waals surface area contributed by atoms with E-state index in [1.807, 2.05) is 35.8 Å². The van der Waals surface area contributed by atoms with Gasteiger partial charge in [0.05, 0.1) is 6.61 Å². The molecule has 4 N–H and O–H groups in total. The molecule has 2 heterocycles. The van der Waals surface area contributed by atoms with Crippen LogP contribution in [0.1, 0.15) is 66.3 Å². The Hall–Kier alpha value is -4.45. The van der Waals surface area contributed by atoms with Crippen molar-refractivity contribution in [2.75, 3.05) is 18.5 Å². The van der Waals surface area contributed by atoms with Crippen LogP contribution < -0.4 is 10.6 Å². The second-order valence-electron chi connectivity index (χ2n) is 11.4. The average Bonchev–Trinajstić information content (AvgIpc) is 3.32. The van der Waals surface area contributed by atoms with E-state index in [1.165, 1.54) is 12.1 Å². The summed E-state index contributed by atoms with van der Waals surface area (Å²) in [6.07, 6.45) is 3.66. The van der Waals surface area contributed by atoms with Crippen LogP contribution in [0.4, 0.5) is 14.6 Å². The Labute approximate surface area is 253 Å². The third-order valence-electron chi connectivity index (χ3n) is 8.03. The minimum absolute atomic E-state index is 0.0983. The van der Waals surface area contributed by atoms with Crippen LogP contribution in [-0.2, 0) is 17.3 Å². The number of aryl methyl sites for hydroxylation is 1. The summed E-state index contributed by atoms with van der Waals surface area (Å²) in [6.45, 7) is 3.06. The number of anilines is 1. The van der Waals surface area contributed by atoms with E-state index in [2.05, 4.69) is 20.6 Å². The molecule has 0 spiro atoms. The van der Waals surface area contributed by atoms with Crippen molar-refractivity contribution in [3.05, 3.63) is 71.0 Å². The first kappa shape index (κ1) is 31.0. The summed E-state index contributed by atoms with van der Waals surface area (Å²) >= 11 is 0. The molecule has 1 fully saturated rings. The predicted octanol–water partition coefficient (Wildman–Crippen LogP) is 5.13. The molecule has 12 heteroatoms. The molecule has 0 bridgehead atoms. The third kappa shape index (κ3) is 7.02. The van der Waals surface area contributed by atoms with Crippen LogP contribution in [0, 0.1) is 12.8 Å². The lowest BCUT2D eigenvalue weighted by atomic mass is 9.78. The van der Waals surface area contributed by atoms with Crippen LogP contribution in [0.25, 0.3) is 22.6 Å². The number of amides is 1. The van der Waals surface area contributed by atoms with E-state index in [1.54, 1.807) is 12.1 Å². The van der Waals surface area contributed by atoms with Gasteiger partial charge in [-0.2, -0.15) is 0 Å². The minimum Gasteiger partial charge on any atom is -0.475 e. The number of aliphatic hydroxyl groups excluding tert-OH is 1. The van der Waals surface area contributed by atoms with E-state index in [0.29, 0.717) is 17.8 Å². The van der Waals surface area contributed by atoms with E-state index in [-0.39, 0.29) is 61.0 Å². The van der Waals surface area contributed by atoms with Gasteiger partial charge in [-0.25, -0.2) is 28.5 Å². The van der Waals surface area contributed by atoms with Gasteiger partial charge in [0, 0.05) is 43.6 Å². The average molecular weight is 607 g/mol. The van der Waals surface area contributed by atoms with Crippen LogP contribution in [-0.4, -0.2) is 60.8 Å². The first-order valence-electron chi connectivity index (χ1n) is 14.7. The van der Waals surface area contributed by atoms with Gasteiger partial charge in [-0.1, -0.05) is 54.4 Å². The number of aromatic nitrogens is 4. The fraction of sp³-hybridized carbons (Fsp3) is 0.406. The largest absolute Gasteiger partial charge is 0.475 e. The van der Waals surface area contributed by atoms with Gasteiger partial charge in [0.2, 0.25) is 11.7 Å². The van der Waals surface area contributed by atoms with E-state index >= 15 is 0 Å². The van der Waals surface area contributed by atoms with Gasteiger partial charge >= 0.3 is 5.97 Å². The highest BCUT2D eigenvalue weighted by Gasteiger charge is 2.30. The second-order valence-corrected chi connectivity index (χ2v) is 11.4. The van der Waals surface area contributed by atoms with Gasteiger partial charge in [0.25, 0.3) is 5.92 Å². The minimum atomic E-state index is -2.98. The molecule has 1 atom stereocenters. The summed E-state index contributed by atoms with van der Waals surface area (Å²) in [5, 5.41) is 25.0. The van der Waals surface area contributed by atoms with Crippen molar-refractivity contribution < 1.29 is 28.6 Å². The third-order valence-corrected chi connectivity index (χ3v) is 8.03. The summed E-state index contributed by atoms with van der Waals surface area (Å²) in [5.41, 5.74) is 3.07. The molecular formula is C32H36F2N6O4. The number of halogens is 2. The molecule has 10 nitrogen and oxygen atoms in total. The van der Waals surface area contributed by atoms with E-state index in [4.69, 9.17) is 10.1 Å². The number of carbonyl (C=O) groups is 2. The fourth-order valence-corrected chi connectivity index (χ4v) is 5.49. The lowest BCUT2D eigenvalue weighted by molar-refractivity contribution is -0.121. The van der Waals surface area contributed by atoms with Crippen LogP contribution in [0.3, 0.4) is 0 Å². The summed E-state index contributed by atoms with van der Waals surface area (Å²) < 4.78 is 29.7. The molecule has 5 rings (SSSR count). The summed E-state index contributed by atoms with van der Waals surface area (Å²) in [5.74, 6) is -3.81. The van der Waals surface area contributed by atoms with Gasteiger partial charge < -0.3 is 25.4 Å². The zero-order chi connectivity index (χ0) is 31.4. The monoisotopic (exact) mass is 606 g/mol. The topological polar surface area (TPSA) is 142 Å². The van der Waals surface area contributed by atoms with Crippen molar-refractivity contribution in [1.29, 1.82) is 0 Å². The molecule has 0 saturated heterocycles. The quantitative estimate of drug-likeness (QED) is 0.164. The molecule has 0 unspecified atom stereocenters. The van der Waals surface area contributed by atoms with Crippen molar-refractivity contribution in [2.45, 2.75) is 64.5 Å². The number of aliphatic hydroxyl groups is 1. The SMILES string of the molecule is Cc1cccc(-c2nc3nc(C(=O)O)nc(N[C@H](CCC(=O)NCCO)C4CCC4)c3n2Cc2ccc(C(C)(F)F)cc2)c1. The zero-order valence-electron chi connectivity index (χ0n) is 24.7. The first-order chi connectivity index (χ1) is 21.0. The number of imidazole rings is 1. The number of carboxylic acids is 1. The van der Waals surface area contributed by atoms with Crippen LogP contribution >= 0.6 is 0 Å². The van der Waals surface area contributed by atoms with Crippen molar-refractivity contribution in [2.24, 2.45) is 5.92 Å². The highest BCUT2D eigenvalue weighted by atomic mass is 19.3. The Bertz CT molecular complexity index is 1650. The number of fused-ring (bicyclic) bond motifs is 1. The molecule has 1 aliphatic carbocycles. The molecule has 232 valence electrons. The summed E-state index contributed by atoms with van der Waals surface area (Å²) in [4.78, 5) is 37.9. The normalized spacial score (nSPS) is 14.3. The standard InChI is InChI=1S/C32H36F2N6O4/c1-19-5-3-8-22(17-19)30-39-28-26(40(30)18-20-9-11-23(12-10-20)32(2,33)34)27(37-29(38-28)31(43)44)36-24(21-6-4-7-21)13-14-25(42)35-15-16-41/h3,5,8-12,17,21,24,41H,4,6-7,13-16,18H2,1-2H3,(H,35,42)(H,43,44)(H,36,37,38)/t24-/m1/s1. The highest BCUT2D eigenvalue weighted by Crippen LogP contribution is 2.36. The number of hydrogen-bond acceptors (Lipinski definition) is 7.